The van der Waals surface area contributed by atoms with E-state index in [9.17, 15) is 4.57 Å². The average molecular weight is 384 g/mol. The van der Waals surface area contributed by atoms with E-state index in [4.69, 9.17) is 13.8 Å². The molecule has 0 fully saturated rings. The van der Waals surface area contributed by atoms with Gasteiger partial charge in [-0.15, -0.1) is 0 Å². The molecule has 4 nitrogen and oxygen atoms in total. The van der Waals surface area contributed by atoms with E-state index in [1.54, 1.807) is 7.11 Å². The highest BCUT2D eigenvalue weighted by Gasteiger charge is 2.23. The second kappa shape index (κ2) is 14.3. The molecule has 0 radical (unpaired) electrons. The van der Waals surface area contributed by atoms with Gasteiger partial charge in [-0.2, -0.15) is 0 Å². The molecule has 0 bridgehead atoms. The quantitative estimate of drug-likeness (QED) is 0.228. The Morgan fingerprint density at radius 1 is 0.808 bits per heavy atom. The van der Waals surface area contributed by atoms with Gasteiger partial charge in [0.25, 0.3) is 0 Å². The highest BCUT2D eigenvalue weighted by atomic mass is 31.2. The van der Waals surface area contributed by atoms with Crippen LogP contribution in [-0.4, -0.2) is 19.9 Å². The minimum absolute atomic E-state index is 0.308. The van der Waals surface area contributed by atoms with Crippen LogP contribution in [0.25, 0.3) is 0 Å². The number of benzene rings is 1. The third-order valence-electron chi connectivity index (χ3n) is 4.41. The fraction of sp³-hybridized carbons (Fsp3) is 0.714. The average Bonchev–Trinajstić information content (AvgIpc) is 2.67. The van der Waals surface area contributed by atoms with E-state index in [0.717, 1.165) is 37.0 Å². The van der Waals surface area contributed by atoms with E-state index in [-0.39, 0.29) is 0 Å². The molecule has 0 saturated heterocycles. The van der Waals surface area contributed by atoms with E-state index in [1.807, 2.05) is 24.3 Å². The first-order chi connectivity index (χ1) is 12.6. The Kier molecular flexibility index (Phi) is 12.7. The van der Waals surface area contributed by atoms with Crippen LogP contribution in [0.1, 0.15) is 77.2 Å². The molecule has 5 heteroatoms. The Morgan fingerprint density at radius 3 is 2.04 bits per heavy atom. The molecule has 0 heterocycles. The van der Waals surface area contributed by atoms with Gasteiger partial charge in [0, 0.05) is 0 Å². The van der Waals surface area contributed by atoms with Crippen LogP contribution in [-0.2, 0) is 20.2 Å². The molecule has 0 saturated carbocycles. The number of hydrogen-bond acceptors (Lipinski definition) is 4. The maximum atomic E-state index is 13.0. The van der Waals surface area contributed by atoms with Gasteiger partial charge in [0.1, 0.15) is 5.75 Å². The molecule has 150 valence electrons. The van der Waals surface area contributed by atoms with Crippen molar-refractivity contribution in [3.63, 3.8) is 0 Å². The summed E-state index contributed by atoms with van der Waals surface area (Å²) in [6, 6.07) is 7.63. The molecule has 0 aliphatic carbocycles. The molecule has 0 aromatic heterocycles. The Balaban J connectivity index is 2.35. The van der Waals surface area contributed by atoms with Crippen molar-refractivity contribution in [1.82, 2.24) is 0 Å². The van der Waals surface area contributed by atoms with Gasteiger partial charge in [0.15, 0.2) is 0 Å². The first-order valence-corrected chi connectivity index (χ1v) is 11.9. The Hall–Kier alpha value is -0.830. The zero-order chi connectivity index (χ0) is 19.1. The predicted octanol–water partition coefficient (Wildman–Crippen LogP) is 6.97. The summed E-state index contributed by atoms with van der Waals surface area (Å²) in [6.07, 6.45) is 10.9. The lowest BCUT2D eigenvalue weighted by molar-refractivity contribution is 0.194. The monoisotopic (exact) mass is 384 g/mol. The van der Waals surface area contributed by atoms with Gasteiger partial charge >= 0.3 is 7.60 Å². The Morgan fingerprint density at radius 2 is 1.42 bits per heavy atom. The van der Waals surface area contributed by atoms with E-state index < -0.39 is 7.60 Å². The summed E-state index contributed by atoms with van der Waals surface area (Å²) >= 11 is 0. The summed E-state index contributed by atoms with van der Waals surface area (Å²) in [5.41, 5.74) is 0.974. The van der Waals surface area contributed by atoms with Crippen LogP contribution in [0, 0.1) is 0 Å². The summed E-state index contributed by atoms with van der Waals surface area (Å²) in [5.74, 6) is 0.804. The molecule has 1 unspecified atom stereocenters. The minimum Gasteiger partial charge on any atom is -0.497 e. The number of rotatable bonds is 16. The molecule has 0 N–H and O–H groups in total. The van der Waals surface area contributed by atoms with Gasteiger partial charge in [0.05, 0.1) is 26.5 Å². The number of hydrogen-bond donors (Lipinski definition) is 0. The van der Waals surface area contributed by atoms with Crippen molar-refractivity contribution in [1.29, 1.82) is 0 Å². The summed E-state index contributed by atoms with van der Waals surface area (Å²) in [5, 5.41) is 0. The number of methoxy groups -OCH3 is 1. The number of ether oxygens (including phenoxy) is 1. The molecule has 0 spiro atoms. The van der Waals surface area contributed by atoms with Crippen molar-refractivity contribution in [3.8, 4) is 5.75 Å². The highest BCUT2D eigenvalue weighted by Crippen LogP contribution is 2.50. The van der Waals surface area contributed by atoms with Crippen LogP contribution in [0.3, 0.4) is 0 Å². The van der Waals surface area contributed by atoms with Crippen molar-refractivity contribution in [2.24, 2.45) is 0 Å². The van der Waals surface area contributed by atoms with Crippen molar-refractivity contribution in [2.45, 2.75) is 78.2 Å². The standard InChI is InChI=1S/C21H37O4P/c1-4-6-8-9-10-11-12-17-24-26(22,18-7-5-2)25-19-20-13-15-21(23-3)16-14-20/h13-16H,4-12,17-19H2,1-3H3. The predicted molar refractivity (Wildman–Crippen MR) is 109 cm³/mol. The fourth-order valence-corrected chi connectivity index (χ4v) is 4.46. The van der Waals surface area contributed by atoms with E-state index in [2.05, 4.69) is 13.8 Å². The summed E-state index contributed by atoms with van der Waals surface area (Å²) in [4.78, 5) is 0. The molecule has 1 aromatic rings. The van der Waals surface area contributed by atoms with Crippen LogP contribution in [0.2, 0.25) is 0 Å². The largest absolute Gasteiger partial charge is 0.497 e. The number of unbranched alkanes of at least 4 members (excludes halogenated alkanes) is 7. The van der Waals surface area contributed by atoms with E-state index in [1.165, 1.54) is 32.1 Å². The van der Waals surface area contributed by atoms with Gasteiger partial charge in [-0.25, -0.2) is 0 Å². The van der Waals surface area contributed by atoms with Gasteiger partial charge in [-0.1, -0.05) is 70.9 Å². The molecule has 0 amide bonds. The van der Waals surface area contributed by atoms with Gasteiger partial charge in [0.2, 0.25) is 0 Å². The van der Waals surface area contributed by atoms with Crippen LogP contribution in [0.4, 0.5) is 0 Å². The van der Waals surface area contributed by atoms with Gasteiger partial charge in [-0.3, -0.25) is 4.57 Å². The fourth-order valence-electron chi connectivity index (χ4n) is 2.68. The second-order valence-electron chi connectivity index (χ2n) is 6.76. The zero-order valence-electron chi connectivity index (χ0n) is 16.9. The van der Waals surface area contributed by atoms with Crippen molar-refractivity contribution < 1.29 is 18.3 Å². The van der Waals surface area contributed by atoms with E-state index in [0.29, 0.717) is 19.4 Å². The highest BCUT2D eigenvalue weighted by molar-refractivity contribution is 7.53. The lowest BCUT2D eigenvalue weighted by atomic mass is 10.1. The third-order valence-corrected chi connectivity index (χ3v) is 6.37. The first kappa shape index (κ1) is 23.2. The van der Waals surface area contributed by atoms with Crippen molar-refractivity contribution in [3.05, 3.63) is 29.8 Å². The lowest BCUT2D eigenvalue weighted by Gasteiger charge is -2.18. The molecule has 1 aromatic carbocycles. The molecule has 0 aliphatic rings. The van der Waals surface area contributed by atoms with Crippen molar-refractivity contribution in [2.75, 3.05) is 19.9 Å². The molecular formula is C21H37O4P. The molecule has 1 atom stereocenters. The van der Waals surface area contributed by atoms with Crippen LogP contribution >= 0.6 is 7.60 Å². The summed E-state index contributed by atoms with van der Waals surface area (Å²) < 4.78 is 29.6. The minimum atomic E-state index is -3.02. The maximum absolute atomic E-state index is 13.0. The molecule has 0 aliphatic heterocycles. The van der Waals surface area contributed by atoms with Gasteiger partial charge in [-0.05, 0) is 30.5 Å². The lowest BCUT2D eigenvalue weighted by Crippen LogP contribution is -2.02. The van der Waals surface area contributed by atoms with E-state index >= 15 is 0 Å². The first-order valence-electron chi connectivity index (χ1n) is 10.1. The molecule has 26 heavy (non-hydrogen) atoms. The second-order valence-corrected chi connectivity index (χ2v) is 8.95. The SMILES string of the molecule is CCCCCCCCCOP(=O)(CCCC)OCc1ccc(OC)cc1. The third kappa shape index (κ3) is 10.4. The van der Waals surface area contributed by atoms with Gasteiger partial charge < -0.3 is 13.8 Å². The van der Waals surface area contributed by atoms with Crippen LogP contribution in [0.15, 0.2) is 24.3 Å². The topological polar surface area (TPSA) is 44.8 Å². The normalized spacial score (nSPS) is 13.5. The van der Waals surface area contributed by atoms with Crippen molar-refractivity contribution >= 4 is 7.60 Å². The van der Waals surface area contributed by atoms with Crippen LogP contribution < -0.4 is 4.74 Å². The Labute approximate surface area is 160 Å². The summed E-state index contributed by atoms with van der Waals surface area (Å²) in [7, 11) is -1.38. The van der Waals surface area contributed by atoms with Crippen LogP contribution in [0.5, 0.6) is 5.75 Å². The summed E-state index contributed by atoms with van der Waals surface area (Å²) in [6.45, 7) is 5.15. The smallest absolute Gasteiger partial charge is 0.330 e. The molecule has 1 rings (SSSR count). The molecular weight excluding hydrogens is 347 g/mol. The Bertz CT molecular complexity index is 501. The zero-order valence-corrected chi connectivity index (χ0v) is 17.8. The maximum Gasteiger partial charge on any atom is 0.330 e.